The highest BCUT2D eigenvalue weighted by Crippen LogP contribution is 2.15. The predicted octanol–water partition coefficient (Wildman–Crippen LogP) is 2.24. The first-order valence-corrected chi connectivity index (χ1v) is 3.98. The maximum absolute atomic E-state index is 8.36. The van der Waals surface area contributed by atoms with Gasteiger partial charge < -0.3 is 5.21 Å². The monoisotopic (exact) mass is 201 g/mol. The highest BCUT2D eigenvalue weighted by molar-refractivity contribution is 7.80. The predicted molar refractivity (Wildman–Crippen MR) is 51.9 cm³/mol. The molecule has 1 N–H and O–H groups in total. The molecule has 13 heavy (non-hydrogen) atoms. The van der Waals surface area contributed by atoms with Crippen molar-refractivity contribution in [2.75, 3.05) is 0 Å². The zero-order valence-corrected chi connectivity index (χ0v) is 8.28. The Hall–Kier alpha value is -1.23. The van der Waals surface area contributed by atoms with Gasteiger partial charge in [-0.3, -0.25) is 0 Å². The fourth-order valence-electron chi connectivity index (χ4n) is 0.736. The molecule has 0 aliphatic carbocycles. The van der Waals surface area contributed by atoms with E-state index in [0.29, 0.717) is 0 Å². The van der Waals surface area contributed by atoms with E-state index in [4.69, 9.17) is 15.3 Å². The van der Waals surface area contributed by atoms with E-state index in [-0.39, 0.29) is 0 Å². The van der Waals surface area contributed by atoms with E-state index in [9.17, 15) is 0 Å². The Labute approximate surface area is 81.7 Å². The van der Waals surface area contributed by atoms with Crippen LogP contribution in [0.2, 0.25) is 0 Å². The molecule has 0 saturated heterocycles. The smallest absolute Gasteiger partial charge is 0.291 e. The van der Waals surface area contributed by atoms with Gasteiger partial charge in [0.25, 0.3) is 5.09 Å². The summed E-state index contributed by atoms with van der Waals surface area (Å²) in [7, 11) is 0. The molecule has 72 valence electrons. The van der Waals surface area contributed by atoms with Crippen molar-refractivity contribution < 1.29 is 10.3 Å². The standard InChI is InChI=1S/C8H10S.HNO3/c1-6-4-3-5-8(9)7(6)2;2-1(3)4/h3-5,9H,1-2H3;(H,2,3,4). The van der Waals surface area contributed by atoms with Gasteiger partial charge in [-0.25, -0.2) is 0 Å². The van der Waals surface area contributed by atoms with Gasteiger partial charge in [-0.2, -0.15) is 0 Å². The average molecular weight is 201 g/mol. The lowest BCUT2D eigenvalue weighted by molar-refractivity contribution is -0.742. The van der Waals surface area contributed by atoms with E-state index in [1.54, 1.807) is 0 Å². The number of hydrogen-bond acceptors (Lipinski definition) is 3. The third-order valence-corrected chi connectivity index (χ3v) is 2.06. The Balaban J connectivity index is 0.000000310. The van der Waals surface area contributed by atoms with Crippen molar-refractivity contribution in [3.63, 3.8) is 0 Å². The Kier molecular flexibility index (Phi) is 4.91. The zero-order valence-electron chi connectivity index (χ0n) is 7.39. The Morgan fingerprint density at radius 1 is 1.46 bits per heavy atom. The average Bonchev–Trinajstić information content (AvgIpc) is 1.99. The van der Waals surface area contributed by atoms with Gasteiger partial charge in [-0.05, 0) is 31.0 Å². The minimum atomic E-state index is -1.50. The van der Waals surface area contributed by atoms with Gasteiger partial charge in [0.05, 0.1) is 0 Å². The Bertz CT molecular complexity index is 277. The van der Waals surface area contributed by atoms with Crippen LogP contribution in [0.4, 0.5) is 0 Å². The van der Waals surface area contributed by atoms with Crippen LogP contribution < -0.4 is 0 Å². The molecule has 1 rings (SSSR count). The van der Waals surface area contributed by atoms with Crippen molar-refractivity contribution in [1.29, 1.82) is 0 Å². The molecule has 4 nitrogen and oxygen atoms in total. The summed E-state index contributed by atoms with van der Waals surface area (Å²) in [6, 6.07) is 6.12. The van der Waals surface area contributed by atoms with Crippen LogP contribution in [0, 0.1) is 24.0 Å². The van der Waals surface area contributed by atoms with Gasteiger partial charge in [0.15, 0.2) is 0 Å². The van der Waals surface area contributed by atoms with E-state index in [1.165, 1.54) is 11.1 Å². The quantitative estimate of drug-likeness (QED) is 0.384. The third-order valence-electron chi connectivity index (χ3n) is 1.58. The van der Waals surface area contributed by atoms with Crippen molar-refractivity contribution in [3.8, 4) is 0 Å². The maximum Gasteiger partial charge on any atom is 0.291 e. The molecular weight excluding hydrogens is 190 g/mol. The van der Waals surface area contributed by atoms with Crippen LogP contribution in [0.15, 0.2) is 23.1 Å². The molecule has 0 radical (unpaired) electrons. The van der Waals surface area contributed by atoms with E-state index in [2.05, 4.69) is 32.5 Å². The molecule has 0 saturated carbocycles. The number of hydrogen-bond donors (Lipinski definition) is 2. The minimum absolute atomic E-state index is 1.08. The minimum Gasteiger partial charge on any atom is -0.328 e. The zero-order chi connectivity index (χ0) is 10.4. The van der Waals surface area contributed by atoms with Gasteiger partial charge in [0.1, 0.15) is 0 Å². The SMILES string of the molecule is Cc1cccc(S)c1C.O=[N+]([O-])O. The molecule has 1 aromatic carbocycles. The fraction of sp³-hybridized carbons (Fsp3) is 0.250. The molecular formula is C8H11NO3S. The number of thiol groups is 1. The van der Waals surface area contributed by atoms with Gasteiger partial charge in [-0.15, -0.1) is 22.7 Å². The van der Waals surface area contributed by atoms with Crippen molar-refractivity contribution >= 4 is 12.6 Å². The second-order valence-corrected chi connectivity index (χ2v) is 2.94. The highest BCUT2D eigenvalue weighted by Gasteiger charge is 1.92. The van der Waals surface area contributed by atoms with Crippen LogP contribution in [0.1, 0.15) is 11.1 Å². The van der Waals surface area contributed by atoms with Gasteiger partial charge >= 0.3 is 0 Å². The van der Waals surface area contributed by atoms with Crippen molar-refractivity contribution in [2.45, 2.75) is 18.7 Å². The molecule has 0 aliphatic heterocycles. The highest BCUT2D eigenvalue weighted by atomic mass is 32.1. The number of rotatable bonds is 0. The number of nitrogens with zero attached hydrogens (tertiary/aromatic N) is 1. The lowest BCUT2D eigenvalue weighted by Gasteiger charge is -2.00. The first-order chi connectivity index (χ1) is 5.95. The molecule has 0 bridgehead atoms. The second kappa shape index (κ2) is 5.42. The summed E-state index contributed by atoms with van der Waals surface area (Å²) in [5.41, 5.74) is 2.59. The molecule has 5 heteroatoms. The molecule has 0 heterocycles. The maximum atomic E-state index is 8.36. The topological polar surface area (TPSA) is 63.4 Å². The van der Waals surface area contributed by atoms with Crippen LogP contribution in [0.3, 0.4) is 0 Å². The molecule has 0 aliphatic rings. The number of benzene rings is 1. The molecule has 0 unspecified atom stereocenters. The molecule has 0 aromatic heterocycles. The summed E-state index contributed by atoms with van der Waals surface area (Å²) in [6.45, 7) is 4.17. The molecule has 0 amide bonds. The normalized spacial score (nSPS) is 8.54. The Morgan fingerprint density at radius 3 is 2.23 bits per heavy atom. The molecule has 0 spiro atoms. The lowest BCUT2D eigenvalue weighted by atomic mass is 10.1. The van der Waals surface area contributed by atoms with E-state index >= 15 is 0 Å². The largest absolute Gasteiger partial charge is 0.328 e. The summed E-state index contributed by atoms with van der Waals surface area (Å²) in [6.07, 6.45) is 0. The van der Waals surface area contributed by atoms with Crippen LogP contribution >= 0.6 is 12.6 Å². The van der Waals surface area contributed by atoms with E-state index in [1.807, 2.05) is 12.1 Å². The van der Waals surface area contributed by atoms with Crippen molar-refractivity contribution in [3.05, 3.63) is 39.4 Å². The van der Waals surface area contributed by atoms with Crippen LogP contribution in [0.25, 0.3) is 0 Å². The second-order valence-electron chi connectivity index (χ2n) is 2.46. The van der Waals surface area contributed by atoms with Crippen molar-refractivity contribution in [1.82, 2.24) is 0 Å². The fourth-order valence-corrected chi connectivity index (χ4v) is 0.998. The first kappa shape index (κ1) is 11.8. The lowest BCUT2D eigenvalue weighted by Crippen LogP contribution is -1.81. The third kappa shape index (κ3) is 5.08. The Morgan fingerprint density at radius 2 is 1.92 bits per heavy atom. The van der Waals surface area contributed by atoms with Gasteiger partial charge in [0, 0.05) is 4.90 Å². The van der Waals surface area contributed by atoms with Gasteiger partial charge in [-0.1, -0.05) is 12.1 Å². The van der Waals surface area contributed by atoms with Gasteiger partial charge in [0.2, 0.25) is 0 Å². The van der Waals surface area contributed by atoms with Crippen LogP contribution in [0.5, 0.6) is 0 Å². The van der Waals surface area contributed by atoms with Crippen molar-refractivity contribution in [2.24, 2.45) is 0 Å². The molecule has 0 atom stereocenters. The van der Waals surface area contributed by atoms with Crippen LogP contribution in [-0.4, -0.2) is 10.3 Å². The first-order valence-electron chi connectivity index (χ1n) is 3.53. The van der Waals surface area contributed by atoms with E-state index in [0.717, 1.165) is 4.90 Å². The summed E-state index contributed by atoms with van der Waals surface area (Å²) >= 11 is 4.27. The summed E-state index contributed by atoms with van der Waals surface area (Å²) in [5, 5.41) is 13.6. The van der Waals surface area contributed by atoms with E-state index < -0.39 is 5.09 Å². The molecule has 0 fully saturated rings. The summed E-state index contributed by atoms with van der Waals surface area (Å²) in [4.78, 5) is 9.44. The van der Waals surface area contributed by atoms with Crippen LogP contribution in [-0.2, 0) is 0 Å². The molecule has 1 aromatic rings. The summed E-state index contributed by atoms with van der Waals surface area (Å²) in [5.74, 6) is 0. The summed E-state index contributed by atoms with van der Waals surface area (Å²) < 4.78 is 0. The number of aryl methyl sites for hydroxylation is 1.